The Morgan fingerprint density at radius 1 is 1.07 bits per heavy atom. The van der Waals surface area contributed by atoms with Gasteiger partial charge in [0.1, 0.15) is 0 Å². The highest BCUT2D eigenvalue weighted by atomic mass is 35.5. The number of hydrogen-bond donors (Lipinski definition) is 1. The van der Waals surface area contributed by atoms with Crippen LogP contribution in [-0.4, -0.2) is 14.5 Å². The van der Waals surface area contributed by atoms with Crippen molar-refractivity contribution in [1.29, 1.82) is 0 Å². The number of H-pyrrole nitrogens is 1. The van der Waals surface area contributed by atoms with E-state index in [0.29, 0.717) is 5.92 Å². The molecular formula is C23H28ClN3. The van der Waals surface area contributed by atoms with Crippen LogP contribution in [0.2, 0.25) is 5.02 Å². The normalized spacial score (nSPS) is 11.9. The van der Waals surface area contributed by atoms with E-state index >= 15 is 0 Å². The lowest BCUT2D eigenvalue weighted by atomic mass is 9.86. The van der Waals surface area contributed by atoms with Crippen LogP contribution in [0.3, 0.4) is 0 Å². The summed E-state index contributed by atoms with van der Waals surface area (Å²) >= 11 is 5.98. The predicted octanol–water partition coefficient (Wildman–Crippen LogP) is 6.82. The average molecular weight is 382 g/mol. The predicted molar refractivity (Wildman–Crippen MR) is 117 cm³/mol. The summed E-state index contributed by atoms with van der Waals surface area (Å²) in [5.41, 5.74) is 6.18. The van der Waals surface area contributed by atoms with Crippen LogP contribution >= 0.6 is 11.6 Å². The third-order valence-electron chi connectivity index (χ3n) is 4.89. The fourth-order valence-corrected chi connectivity index (χ4v) is 3.46. The lowest BCUT2D eigenvalue weighted by molar-refractivity contribution is 0.591. The van der Waals surface area contributed by atoms with E-state index in [1.165, 1.54) is 22.0 Å². The standard InChI is InChI=1S/C13H17N.C10H11ClN2/c1-13(2,3)11-5-6-12-10(9-11)7-8-14(12)4;1-6(2)8-3-7(11)4-9-10(8)13-5-12-9/h5-9H,1-4H3;3-6H,1-2H3,(H,12,13). The summed E-state index contributed by atoms with van der Waals surface area (Å²) in [7, 11) is 2.08. The Morgan fingerprint density at radius 2 is 1.81 bits per heavy atom. The second kappa shape index (κ2) is 7.40. The van der Waals surface area contributed by atoms with Gasteiger partial charge in [-0.3, -0.25) is 0 Å². The van der Waals surface area contributed by atoms with Crippen molar-refractivity contribution in [3.63, 3.8) is 0 Å². The molecule has 0 fully saturated rings. The molecule has 0 amide bonds. The van der Waals surface area contributed by atoms with E-state index in [4.69, 9.17) is 11.6 Å². The van der Waals surface area contributed by atoms with Crippen LogP contribution in [0.5, 0.6) is 0 Å². The molecule has 0 aliphatic rings. The number of nitrogens with one attached hydrogen (secondary N) is 1. The molecule has 3 nitrogen and oxygen atoms in total. The van der Waals surface area contributed by atoms with Gasteiger partial charge in [0.25, 0.3) is 0 Å². The molecule has 1 N–H and O–H groups in total. The van der Waals surface area contributed by atoms with Gasteiger partial charge in [0.15, 0.2) is 0 Å². The third-order valence-corrected chi connectivity index (χ3v) is 5.11. The maximum atomic E-state index is 5.98. The molecule has 2 aromatic carbocycles. The minimum atomic E-state index is 0.240. The molecule has 4 rings (SSSR count). The number of halogens is 1. The third kappa shape index (κ3) is 4.19. The molecule has 4 heteroatoms. The first-order chi connectivity index (χ1) is 12.7. The lowest BCUT2D eigenvalue weighted by Crippen LogP contribution is -2.10. The number of rotatable bonds is 1. The molecule has 0 saturated heterocycles. The number of fused-ring (bicyclic) bond motifs is 2. The smallest absolute Gasteiger partial charge is 0.0932 e. The summed E-state index contributed by atoms with van der Waals surface area (Å²) in [4.78, 5) is 7.33. The summed E-state index contributed by atoms with van der Waals surface area (Å²) in [6.07, 6.45) is 3.81. The molecule has 0 saturated carbocycles. The molecule has 27 heavy (non-hydrogen) atoms. The Labute approximate surface area is 166 Å². The van der Waals surface area contributed by atoms with Gasteiger partial charge in [0.05, 0.1) is 17.4 Å². The van der Waals surface area contributed by atoms with Gasteiger partial charge in [-0.1, -0.05) is 52.3 Å². The number of imidazole rings is 1. The summed E-state index contributed by atoms with van der Waals surface area (Å²) < 4.78 is 2.15. The first-order valence-corrected chi connectivity index (χ1v) is 9.72. The molecule has 0 bridgehead atoms. The highest BCUT2D eigenvalue weighted by Crippen LogP contribution is 2.27. The highest BCUT2D eigenvalue weighted by Gasteiger charge is 2.14. The van der Waals surface area contributed by atoms with Crippen molar-refractivity contribution in [2.24, 2.45) is 7.05 Å². The van der Waals surface area contributed by atoms with Crippen molar-refractivity contribution in [2.45, 2.75) is 46.0 Å². The van der Waals surface area contributed by atoms with E-state index in [0.717, 1.165) is 16.1 Å². The minimum Gasteiger partial charge on any atom is -0.351 e. The Hall–Kier alpha value is -2.26. The molecule has 0 aliphatic carbocycles. The van der Waals surface area contributed by atoms with Crippen molar-refractivity contribution in [3.8, 4) is 0 Å². The molecule has 0 atom stereocenters. The SMILES string of the molecule is CC(C)c1cc(Cl)cc2[nH]cnc12.Cn1ccc2cc(C(C)(C)C)ccc21. The molecule has 2 heterocycles. The van der Waals surface area contributed by atoms with E-state index in [1.54, 1.807) is 6.33 Å². The van der Waals surface area contributed by atoms with Crippen molar-refractivity contribution >= 4 is 33.5 Å². The summed E-state index contributed by atoms with van der Waals surface area (Å²) in [6.45, 7) is 11.0. The van der Waals surface area contributed by atoms with Gasteiger partial charge in [-0.15, -0.1) is 0 Å². The first kappa shape index (κ1) is 19.5. The topological polar surface area (TPSA) is 33.6 Å². The van der Waals surface area contributed by atoms with E-state index in [9.17, 15) is 0 Å². The number of aromatic amines is 1. The molecule has 4 aromatic rings. The van der Waals surface area contributed by atoms with Crippen molar-refractivity contribution in [3.05, 3.63) is 65.1 Å². The Kier molecular flexibility index (Phi) is 5.34. The van der Waals surface area contributed by atoms with Crippen LogP contribution in [0.1, 0.15) is 51.7 Å². The molecule has 0 spiro atoms. The highest BCUT2D eigenvalue weighted by molar-refractivity contribution is 6.31. The summed E-state index contributed by atoms with van der Waals surface area (Å²) in [5.74, 6) is 0.449. The van der Waals surface area contributed by atoms with E-state index in [1.807, 2.05) is 12.1 Å². The summed E-state index contributed by atoms with van der Waals surface area (Å²) in [5, 5.41) is 2.10. The largest absolute Gasteiger partial charge is 0.351 e. The second-order valence-corrected chi connectivity index (χ2v) is 8.84. The number of nitrogens with zero attached hydrogens (tertiary/aromatic N) is 2. The fourth-order valence-electron chi connectivity index (χ4n) is 3.23. The van der Waals surface area contributed by atoms with Gasteiger partial charge in [-0.2, -0.15) is 0 Å². The lowest BCUT2D eigenvalue weighted by Gasteiger charge is -2.18. The second-order valence-electron chi connectivity index (χ2n) is 8.40. The van der Waals surface area contributed by atoms with Gasteiger partial charge in [0, 0.05) is 23.8 Å². The van der Waals surface area contributed by atoms with Gasteiger partial charge in [-0.05, 0) is 58.2 Å². The molecule has 0 unspecified atom stereocenters. The Morgan fingerprint density at radius 3 is 2.48 bits per heavy atom. The van der Waals surface area contributed by atoms with Gasteiger partial charge < -0.3 is 9.55 Å². The van der Waals surface area contributed by atoms with Crippen LogP contribution in [-0.2, 0) is 12.5 Å². The van der Waals surface area contributed by atoms with Crippen LogP contribution < -0.4 is 0 Å². The number of aromatic nitrogens is 3. The van der Waals surface area contributed by atoms with E-state index < -0.39 is 0 Å². The van der Waals surface area contributed by atoms with E-state index in [-0.39, 0.29) is 5.41 Å². The zero-order valence-corrected chi connectivity index (χ0v) is 17.7. The van der Waals surface area contributed by atoms with Gasteiger partial charge in [0.2, 0.25) is 0 Å². The van der Waals surface area contributed by atoms with Crippen molar-refractivity contribution in [2.75, 3.05) is 0 Å². The quantitative estimate of drug-likeness (QED) is 0.385. The minimum absolute atomic E-state index is 0.240. The zero-order valence-electron chi connectivity index (χ0n) is 17.0. The number of hydrogen-bond acceptors (Lipinski definition) is 1. The fraction of sp³-hybridized carbons (Fsp3) is 0.348. The summed E-state index contributed by atoms with van der Waals surface area (Å²) in [6, 6.07) is 12.8. The van der Waals surface area contributed by atoms with Crippen LogP contribution in [0.4, 0.5) is 0 Å². The zero-order chi connectivity index (χ0) is 19.8. The first-order valence-electron chi connectivity index (χ1n) is 9.35. The van der Waals surface area contributed by atoms with Crippen molar-refractivity contribution < 1.29 is 0 Å². The number of aryl methyl sites for hydroxylation is 1. The maximum absolute atomic E-state index is 5.98. The molecule has 0 radical (unpaired) electrons. The monoisotopic (exact) mass is 381 g/mol. The average Bonchev–Trinajstić information content (AvgIpc) is 3.20. The van der Waals surface area contributed by atoms with Crippen molar-refractivity contribution in [1.82, 2.24) is 14.5 Å². The van der Waals surface area contributed by atoms with Crippen LogP contribution in [0, 0.1) is 0 Å². The molecule has 142 valence electrons. The Balaban J connectivity index is 0.000000156. The van der Waals surface area contributed by atoms with Crippen LogP contribution in [0.25, 0.3) is 21.9 Å². The molecule has 0 aliphatic heterocycles. The number of benzene rings is 2. The van der Waals surface area contributed by atoms with Gasteiger partial charge in [-0.25, -0.2) is 4.98 Å². The molecule has 2 aromatic heterocycles. The van der Waals surface area contributed by atoms with Crippen LogP contribution in [0.15, 0.2) is 48.9 Å². The van der Waals surface area contributed by atoms with Gasteiger partial charge >= 0.3 is 0 Å². The van der Waals surface area contributed by atoms with E-state index in [2.05, 4.69) is 86.7 Å². The Bertz CT molecular complexity index is 1060. The maximum Gasteiger partial charge on any atom is 0.0932 e. The molecular weight excluding hydrogens is 354 g/mol.